The Balaban J connectivity index is 2.03. The lowest BCUT2D eigenvalue weighted by atomic mass is 10.1. The standard InChI is InChI=1S/C16H14N2O2S/c1-10(14-7-4-8-21-14)17-15-12(16(19)20)9-11-5-2-3-6-13(11)18-15/h2-10H,1H3,(H,17,18)(H,19,20). The van der Waals surface area contributed by atoms with Crippen molar-refractivity contribution in [3.8, 4) is 0 Å². The predicted octanol–water partition coefficient (Wildman–Crippen LogP) is 4.17. The monoisotopic (exact) mass is 298 g/mol. The highest BCUT2D eigenvalue weighted by atomic mass is 32.1. The molecule has 1 atom stereocenters. The van der Waals surface area contributed by atoms with E-state index in [1.165, 1.54) is 0 Å². The molecule has 2 aromatic heterocycles. The summed E-state index contributed by atoms with van der Waals surface area (Å²) in [6, 6.07) is 13.2. The van der Waals surface area contributed by atoms with Crippen LogP contribution in [0.3, 0.4) is 0 Å². The number of carboxylic acid groups (broad SMARTS) is 1. The third kappa shape index (κ3) is 2.73. The fourth-order valence-electron chi connectivity index (χ4n) is 2.20. The Morgan fingerprint density at radius 2 is 2.10 bits per heavy atom. The summed E-state index contributed by atoms with van der Waals surface area (Å²) in [7, 11) is 0. The number of anilines is 1. The first-order chi connectivity index (χ1) is 10.1. The molecule has 5 heteroatoms. The van der Waals surface area contributed by atoms with Crippen LogP contribution in [-0.2, 0) is 0 Å². The number of aromatic carboxylic acids is 1. The van der Waals surface area contributed by atoms with Gasteiger partial charge in [-0.15, -0.1) is 11.3 Å². The van der Waals surface area contributed by atoms with Gasteiger partial charge in [0.05, 0.1) is 11.6 Å². The van der Waals surface area contributed by atoms with E-state index in [2.05, 4.69) is 10.3 Å². The van der Waals surface area contributed by atoms with Gasteiger partial charge in [-0.1, -0.05) is 24.3 Å². The van der Waals surface area contributed by atoms with Gasteiger partial charge in [-0.25, -0.2) is 9.78 Å². The molecular weight excluding hydrogens is 284 g/mol. The third-order valence-electron chi connectivity index (χ3n) is 3.28. The molecule has 2 N–H and O–H groups in total. The Morgan fingerprint density at radius 1 is 1.29 bits per heavy atom. The molecule has 1 unspecified atom stereocenters. The second-order valence-electron chi connectivity index (χ2n) is 4.76. The molecular formula is C16H14N2O2S. The number of thiophene rings is 1. The SMILES string of the molecule is CC(Nc1nc2ccccc2cc1C(=O)O)c1cccs1. The summed E-state index contributed by atoms with van der Waals surface area (Å²) in [6.07, 6.45) is 0. The van der Waals surface area contributed by atoms with Crippen LogP contribution in [0.1, 0.15) is 28.2 Å². The number of nitrogens with one attached hydrogen (secondary N) is 1. The van der Waals surface area contributed by atoms with E-state index in [9.17, 15) is 9.90 Å². The molecule has 4 nitrogen and oxygen atoms in total. The van der Waals surface area contributed by atoms with Gasteiger partial charge in [-0.2, -0.15) is 0 Å². The van der Waals surface area contributed by atoms with Crippen molar-refractivity contribution >= 4 is 34.0 Å². The minimum atomic E-state index is -0.978. The smallest absolute Gasteiger partial charge is 0.339 e. The van der Waals surface area contributed by atoms with Crippen molar-refractivity contribution in [2.24, 2.45) is 0 Å². The maximum Gasteiger partial charge on any atom is 0.339 e. The summed E-state index contributed by atoms with van der Waals surface area (Å²) >= 11 is 1.63. The normalized spacial score (nSPS) is 12.2. The molecule has 3 rings (SSSR count). The molecule has 106 valence electrons. The van der Waals surface area contributed by atoms with E-state index in [0.29, 0.717) is 5.82 Å². The van der Waals surface area contributed by atoms with Gasteiger partial charge in [0.15, 0.2) is 0 Å². The lowest BCUT2D eigenvalue weighted by Gasteiger charge is -2.15. The van der Waals surface area contributed by atoms with Gasteiger partial charge in [-0.05, 0) is 30.5 Å². The van der Waals surface area contributed by atoms with Crippen molar-refractivity contribution in [1.29, 1.82) is 0 Å². The van der Waals surface area contributed by atoms with Crippen molar-refractivity contribution in [2.75, 3.05) is 5.32 Å². The number of nitrogens with zero attached hydrogens (tertiary/aromatic N) is 1. The zero-order chi connectivity index (χ0) is 14.8. The lowest BCUT2D eigenvalue weighted by Crippen LogP contribution is -2.11. The Hall–Kier alpha value is -2.40. The van der Waals surface area contributed by atoms with Gasteiger partial charge < -0.3 is 10.4 Å². The van der Waals surface area contributed by atoms with Crippen LogP contribution < -0.4 is 5.32 Å². The van der Waals surface area contributed by atoms with Crippen molar-refractivity contribution in [1.82, 2.24) is 4.98 Å². The van der Waals surface area contributed by atoms with E-state index in [4.69, 9.17) is 0 Å². The summed E-state index contributed by atoms with van der Waals surface area (Å²) in [6.45, 7) is 1.99. The van der Waals surface area contributed by atoms with Crippen LogP contribution in [0.5, 0.6) is 0 Å². The number of rotatable bonds is 4. The Bertz CT molecular complexity index is 784. The molecule has 0 bridgehead atoms. The number of hydrogen-bond acceptors (Lipinski definition) is 4. The summed E-state index contributed by atoms with van der Waals surface area (Å²) in [5, 5.41) is 15.4. The number of para-hydroxylation sites is 1. The first-order valence-corrected chi connectivity index (χ1v) is 7.46. The highest BCUT2D eigenvalue weighted by Gasteiger charge is 2.16. The van der Waals surface area contributed by atoms with Crippen molar-refractivity contribution in [3.63, 3.8) is 0 Å². The average molecular weight is 298 g/mol. The van der Waals surface area contributed by atoms with E-state index in [-0.39, 0.29) is 11.6 Å². The Labute approximate surface area is 126 Å². The van der Waals surface area contributed by atoms with Gasteiger partial charge in [0.1, 0.15) is 11.4 Å². The zero-order valence-electron chi connectivity index (χ0n) is 11.4. The summed E-state index contributed by atoms with van der Waals surface area (Å²) in [5.74, 6) is -0.573. The number of fused-ring (bicyclic) bond motifs is 1. The highest BCUT2D eigenvalue weighted by Crippen LogP contribution is 2.26. The molecule has 0 aliphatic heterocycles. The summed E-state index contributed by atoms with van der Waals surface area (Å²) in [4.78, 5) is 17.1. The molecule has 0 spiro atoms. The molecule has 2 heterocycles. The fourth-order valence-corrected chi connectivity index (χ4v) is 2.94. The largest absolute Gasteiger partial charge is 0.478 e. The highest BCUT2D eigenvalue weighted by molar-refractivity contribution is 7.10. The molecule has 3 aromatic rings. The molecule has 21 heavy (non-hydrogen) atoms. The van der Waals surface area contributed by atoms with Crippen LogP contribution in [-0.4, -0.2) is 16.1 Å². The maximum atomic E-state index is 11.5. The third-order valence-corrected chi connectivity index (χ3v) is 4.33. The van der Waals surface area contributed by atoms with E-state index >= 15 is 0 Å². The Morgan fingerprint density at radius 3 is 2.81 bits per heavy atom. The summed E-state index contributed by atoms with van der Waals surface area (Å²) in [5.41, 5.74) is 0.973. The number of pyridine rings is 1. The van der Waals surface area contributed by atoms with Gasteiger partial charge in [0, 0.05) is 10.3 Å². The van der Waals surface area contributed by atoms with Crippen molar-refractivity contribution in [3.05, 3.63) is 58.3 Å². The topological polar surface area (TPSA) is 62.2 Å². The number of carbonyl (C=O) groups is 1. The second-order valence-corrected chi connectivity index (χ2v) is 5.74. The average Bonchev–Trinajstić information content (AvgIpc) is 3.00. The molecule has 0 fully saturated rings. The van der Waals surface area contributed by atoms with Crippen LogP contribution in [0.2, 0.25) is 0 Å². The molecule has 0 saturated heterocycles. The number of benzene rings is 1. The molecule has 0 aliphatic carbocycles. The summed E-state index contributed by atoms with van der Waals surface area (Å²) < 4.78 is 0. The molecule has 0 amide bonds. The zero-order valence-corrected chi connectivity index (χ0v) is 12.2. The maximum absolute atomic E-state index is 11.5. The fraction of sp³-hybridized carbons (Fsp3) is 0.125. The van der Waals surface area contributed by atoms with Crippen LogP contribution >= 0.6 is 11.3 Å². The molecule has 1 aromatic carbocycles. The van der Waals surface area contributed by atoms with Crippen molar-refractivity contribution in [2.45, 2.75) is 13.0 Å². The molecule has 0 saturated carbocycles. The van der Waals surface area contributed by atoms with E-state index in [1.54, 1.807) is 17.4 Å². The van der Waals surface area contributed by atoms with E-state index in [0.717, 1.165) is 15.8 Å². The lowest BCUT2D eigenvalue weighted by molar-refractivity contribution is 0.0697. The van der Waals surface area contributed by atoms with E-state index in [1.807, 2.05) is 48.7 Å². The van der Waals surface area contributed by atoms with Crippen LogP contribution in [0.15, 0.2) is 47.8 Å². The van der Waals surface area contributed by atoms with Crippen LogP contribution in [0, 0.1) is 0 Å². The molecule has 0 aliphatic rings. The van der Waals surface area contributed by atoms with Gasteiger partial charge >= 0.3 is 5.97 Å². The first kappa shape index (κ1) is 13.6. The second kappa shape index (κ2) is 5.54. The first-order valence-electron chi connectivity index (χ1n) is 6.58. The van der Waals surface area contributed by atoms with Gasteiger partial charge in [0.2, 0.25) is 0 Å². The minimum Gasteiger partial charge on any atom is -0.478 e. The van der Waals surface area contributed by atoms with Crippen LogP contribution in [0.4, 0.5) is 5.82 Å². The Kier molecular flexibility index (Phi) is 3.58. The van der Waals surface area contributed by atoms with Gasteiger partial charge in [0.25, 0.3) is 0 Å². The number of hydrogen-bond donors (Lipinski definition) is 2. The quantitative estimate of drug-likeness (QED) is 0.759. The number of aromatic nitrogens is 1. The minimum absolute atomic E-state index is 0.0109. The van der Waals surface area contributed by atoms with E-state index < -0.39 is 5.97 Å². The molecule has 0 radical (unpaired) electrons. The predicted molar refractivity (Wildman–Crippen MR) is 85.1 cm³/mol. The van der Waals surface area contributed by atoms with Crippen LogP contribution in [0.25, 0.3) is 10.9 Å². The van der Waals surface area contributed by atoms with Crippen molar-refractivity contribution < 1.29 is 9.90 Å². The van der Waals surface area contributed by atoms with Gasteiger partial charge in [-0.3, -0.25) is 0 Å². The number of carboxylic acids is 1.